The lowest BCUT2D eigenvalue weighted by atomic mass is 9.83. The van der Waals surface area contributed by atoms with Crippen molar-refractivity contribution < 1.29 is 0 Å². The van der Waals surface area contributed by atoms with E-state index in [0.717, 1.165) is 33.9 Å². The van der Waals surface area contributed by atoms with Crippen molar-refractivity contribution >= 4 is 0 Å². The number of nitrogens with one attached hydrogen (secondary N) is 2. The van der Waals surface area contributed by atoms with E-state index in [-0.39, 0.29) is 11.1 Å². The van der Waals surface area contributed by atoms with Crippen molar-refractivity contribution in [2.75, 3.05) is 0 Å². The molecule has 0 aliphatic heterocycles. The van der Waals surface area contributed by atoms with Crippen LogP contribution in [-0.2, 0) is 0 Å². The van der Waals surface area contributed by atoms with Crippen LogP contribution in [0.3, 0.4) is 0 Å². The van der Waals surface area contributed by atoms with E-state index in [4.69, 9.17) is 0 Å². The molecule has 0 amide bonds. The van der Waals surface area contributed by atoms with Gasteiger partial charge in [0.2, 0.25) is 0 Å². The quantitative estimate of drug-likeness (QED) is 0.405. The maximum Gasteiger partial charge on any atom is 0.275 e. The van der Waals surface area contributed by atoms with Crippen LogP contribution in [0.15, 0.2) is 94.5 Å². The van der Waals surface area contributed by atoms with Crippen LogP contribution in [0.5, 0.6) is 0 Å². The number of hydrogen-bond donors (Lipinski definition) is 2. The van der Waals surface area contributed by atoms with Crippen molar-refractivity contribution in [3.05, 3.63) is 139 Å². The molecule has 3 aromatic carbocycles. The Hall–Kier alpha value is -4.32. The first kappa shape index (κ1) is 21.5. The lowest BCUT2D eigenvalue weighted by Gasteiger charge is -2.18. The smallest absolute Gasteiger partial charge is 0.275 e. The Morgan fingerprint density at radius 3 is 1.44 bits per heavy atom. The molecule has 170 valence electrons. The van der Waals surface area contributed by atoms with Crippen molar-refractivity contribution in [2.24, 2.45) is 0 Å². The van der Waals surface area contributed by atoms with Crippen molar-refractivity contribution in [1.82, 2.24) is 19.6 Å². The van der Waals surface area contributed by atoms with Gasteiger partial charge in [0.1, 0.15) is 0 Å². The number of para-hydroxylation sites is 2. The molecule has 0 saturated carbocycles. The topological polar surface area (TPSA) is 75.6 Å². The lowest BCUT2D eigenvalue weighted by Crippen LogP contribution is -2.25. The van der Waals surface area contributed by atoms with Crippen LogP contribution in [0.1, 0.15) is 39.6 Å². The Morgan fingerprint density at radius 2 is 1.00 bits per heavy atom. The fraction of sp³-hybridized carbons (Fsp3) is 0.143. The summed E-state index contributed by atoms with van der Waals surface area (Å²) in [7, 11) is 0. The third-order valence-electron chi connectivity index (χ3n) is 6.34. The molecule has 2 aromatic heterocycles. The van der Waals surface area contributed by atoms with Gasteiger partial charge in [-0.05, 0) is 56.2 Å². The molecule has 0 saturated heterocycles. The molecule has 6 nitrogen and oxygen atoms in total. The van der Waals surface area contributed by atoms with Crippen molar-refractivity contribution in [3.8, 4) is 11.4 Å². The molecule has 0 aliphatic carbocycles. The number of H-pyrrole nitrogens is 2. The first-order valence-corrected chi connectivity index (χ1v) is 11.3. The number of aromatic nitrogens is 4. The summed E-state index contributed by atoms with van der Waals surface area (Å²) < 4.78 is 3.10. The van der Waals surface area contributed by atoms with E-state index in [9.17, 15) is 9.59 Å². The number of nitrogens with zero attached hydrogens (tertiary/aromatic N) is 2. The highest BCUT2D eigenvalue weighted by molar-refractivity contribution is 5.49. The summed E-state index contributed by atoms with van der Waals surface area (Å²) in [5.41, 5.74) is 5.71. The van der Waals surface area contributed by atoms with Gasteiger partial charge < -0.3 is 0 Å². The van der Waals surface area contributed by atoms with Crippen molar-refractivity contribution in [3.63, 3.8) is 0 Å². The molecule has 0 spiro atoms. The van der Waals surface area contributed by atoms with Gasteiger partial charge in [-0.3, -0.25) is 19.8 Å². The molecular formula is C28H26N4O2. The third kappa shape index (κ3) is 3.53. The van der Waals surface area contributed by atoms with E-state index < -0.39 is 5.92 Å². The fourth-order valence-corrected chi connectivity index (χ4v) is 4.68. The molecule has 0 unspecified atom stereocenters. The standard InChI is InChI=1S/C28H26N4O2/c1-18-12-10-11-17-23(18)26(24-19(2)29-31(27(24)33)21-13-6-4-7-14-21)25-20(3)30-32(28(25)34)22-15-8-5-9-16-22/h4-17,26,29-30H,1-3H3. The van der Waals surface area contributed by atoms with Gasteiger partial charge in [-0.25, -0.2) is 9.36 Å². The maximum absolute atomic E-state index is 13.8. The third-order valence-corrected chi connectivity index (χ3v) is 6.34. The molecule has 5 rings (SSSR count). The summed E-state index contributed by atoms with van der Waals surface area (Å²) in [5, 5.41) is 6.46. The maximum atomic E-state index is 13.8. The zero-order valence-corrected chi connectivity index (χ0v) is 19.4. The molecule has 6 heteroatoms. The molecule has 5 aromatic rings. The minimum absolute atomic E-state index is 0.164. The predicted molar refractivity (Wildman–Crippen MR) is 134 cm³/mol. The van der Waals surface area contributed by atoms with E-state index in [1.54, 1.807) is 9.36 Å². The zero-order chi connectivity index (χ0) is 23.8. The Balaban J connectivity index is 1.79. The average molecular weight is 451 g/mol. The van der Waals surface area contributed by atoms with Gasteiger partial charge in [0, 0.05) is 17.3 Å². The molecular weight excluding hydrogens is 424 g/mol. The lowest BCUT2D eigenvalue weighted by molar-refractivity contribution is 0.830. The van der Waals surface area contributed by atoms with E-state index >= 15 is 0 Å². The molecule has 0 radical (unpaired) electrons. The summed E-state index contributed by atoms with van der Waals surface area (Å²) in [6, 6.07) is 26.9. The Kier molecular flexibility index (Phi) is 5.42. The van der Waals surface area contributed by atoms with Crippen LogP contribution in [0.4, 0.5) is 0 Å². The summed E-state index contributed by atoms with van der Waals surface area (Å²) in [4.78, 5) is 27.6. The van der Waals surface area contributed by atoms with Crippen LogP contribution in [0.25, 0.3) is 11.4 Å². The normalized spacial score (nSPS) is 11.3. The van der Waals surface area contributed by atoms with Gasteiger partial charge >= 0.3 is 0 Å². The van der Waals surface area contributed by atoms with Gasteiger partial charge in [0.15, 0.2) is 0 Å². The number of aryl methyl sites for hydroxylation is 3. The van der Waals surface area contributed by atoms with Gasteiger partial charge in [0.05, 0.1) is 22.5 Å². The molecule has 0 aliphatic rings. The summed E-state index contributed by atoms with van der Waals surface area (Å²) in [5.74, 6) is -0.524. The second-order valence-electron chi connectivity index (χ2n) is 8.54. The van der Waals surface area contributed by atoms with Gasteiger partial charge in [-0.15, -0.1) is 0 Å². The molecule has 2 N–H and O–H groups in total. The second kappa shape index (κ2) is 8.56. The summed E-state index contributed by atoms with van der Waals surface area (Å²) in [6.45, 7) is 5.79. The van der Waals surface area contributed by atoms with E-state index in [1.165, 1.54) is 0 Å². The first-order valence-electron chi connectivity index (χ1n) is 11.3. The molecule has 0 fully saturated rings. The first-order chi connectivity index (χ1) is 16.5. The number of hydrogen-bond acceptors (Lipinski definition) is 2. The SMILES string of the molecule is Cc1ccccc1C(c1c(C)[nH]n(-c2ccccc2)c1=O)c1c(C)[nH]n(-c2ccccc2)c1=O. The summed E-state index contributed by atoms with van der Waals surface area (Å²) in [6.07, 6.45) is 0. The number of aromatic amines is 2. The number of benzene rings is 3. The van der Waals surface area contributed by atoms with Gasteiger partial charge in [0.25, 0.3) is 11.1 Å². The van der Waals surface area contributed by atoms with Crippen molar-refractivity contribution in [2.45, 2.75) is 26.7 Å². The Bertz CT molecular complexity index is 1470. The molecule has 0 atom stereocenters. The Labute approximate surface area is 197 Å². The molecule has 0 bridgehead atoms. The highest BCUT2D eigenvalue weighted by Gasteiger charge is 2.31. The van der Waals surface area contributed by atoms with E-state index in [0.29, 0.717) is 11.1 Å². The molecule has 2 heterocycles. The number of rotatable bonds is 5. The van der Waals surface area contributed by atoms with Crippen LogP contribution >= 0.6 is 0 Å². The average Bonchev–Trinajstić information content (AvgIpc) is 3.32. The van der Waals surface area contributed by atoms with Gasteiger partial charge in [-0.1, -0.05) is 60.7 Å². The minimum atomic E-state index is -0.524. The summed E-state index contributed by atoms with van der Waals surface area (Å²) >= 11 is 0. The van der Waals surface area contributed by atoms with Crippen LogP contribution in [0.2, 0.25) is 0 Å². The van der Waals surface area contributed by atoms with Crippen LogP contribution in [-0.4, -0.2) is 19.6 Å². The van der Waals surface area contributed by atoms with E-state index in [2.05, 4.69) is 10.2 Å². The fourth-order valence-electron chi connectivity index (χ4n) is 4.68. The van der Waals surface area contributed by atoms with Crippen molar-refractivity contribution in [1.29, 1.82) is 0 Å². The zero-order valence-electron chi connectivity index (χ0n) is 19.4. The highest BCUT2D eigenvalue weighted by Crippen LogP contribution is 2.33. The van der Waals surface area contributed by atoms with E-state index in [1.807, 2.05) is 106 Å². The highest BCUT2D eigenvalue weighted by atomic mass is 16.1. The predicted octanol–water partition coefficient (Wildman–Crippen LogP) is 4.75. The van der Waals surface area contributed by atoms with Crippen LogP contribution < -0.4 is 11.1 Å². The second-order valence-corrected chi connectivity index (χ2v) is 8.54. The Morgan fingerprint density at radius 1 is 0.588 bits per heavy atom. The monoisotopic (exact) mass is 450 g/mol. The largest absolute Gasteiger partial charge is 0.295 e. The van der Waals surface area contributed by atoms with Crippen LogP contribution in [0, 0.1) is 20.8 Å². The van der Waals surface area contributed by atoms with Gasteiger partial charge in [-0.2, -0.15) is 0 Å². The molecule has 34 heavy (non-hydrogen) atoms. The minimum Gasteiger partial charge on any atom is -0.295 e.